The number of nitrogens with zero attached hydrogens (tertiary/aromatic N) is 2. The lowest BCUT2D eigenvalue weighted by atomic mass is 10.2. The van der Waals surface area contributed by atoms with Crippen LogP contribution in [0.5, 0.6) is 0 Å². The molecule has 0 saturated heterocycles. The lowest BCUT2D eigenvalue weighted by Crippen LogP contribution is -2.31. The first-order valence-electron chi connectivity index (χ1n) is 7.70. The van der Waals surface area contributed by atoms with Gasteiger partial charge in [0.15, 0.2) is 0 Å². The Bertz CT molecular complexity index is 941. The minimum atomic E-state index is -0.724. The van der Waals surface area contributed by atoms with Crippen molar-refractivity contribution in [2.24, 2.45) is 5.10 Å². The summed E-state index contributed by atoms with van der Waals surface area (Å²) in [5.74, 6) is -0.628. The summed E-state index contributed by atoms with van der Waals surface area (Å²) >= 11 is 0. The van der Waals surface area contributed by atoms with Gasteiger partial charge in [-0.25, -0.2) is 15.3 Å². The summed E-state index contributed by atoms with van der Waals surface area (Å²) in [6.45, 7) is 1.51. The number of H-pyrrole nitrogens is 2. The highest BCUT2D eigenvalue weighted by Gasteiger charge is 2.04. The van der Waals surface area contributed by atoms with Crippen molar-refractivity contribution in [3.63, 3.8) is 0 Å². The molecule has 0 radical (unpaired) electrons. The van der Waals surface area contributed by atoms with Gasteiger partial charge in [-0.3, -0.25) is 14.6 Å². The molecule has 1 aromatic carbocycles. The van der Waals surface area contributed by atoms with Gasteiger partial charge < -0.3 is 5.32 Å². The summed E-state index contributed by atoms with van der Waals surface area (Å²) in [5, 5.41) is 12.0. The third-order valence-corrected chi connectivity index (χ3v) is 3.02. The van der Waals surface area contributed by atoms with Crippen molar-refractivity contribution < 1.29 is 4.79 Å². The fourth-order valence-corrected chi connectivity index (χ4v) is 1.78. The highest BCUT2D eigenvalue weighted by molar-refractivity contribution is 5.94. The van der Waals surface area contributed by atoms with Crippen molar-refractivity contribution in [3.05, 3.63) is 75.0 Å². The number of carbonyl (C=O) groups excluding carboxylic acids is 1. The molecule has 0 unspecified atom stereocenters. The van der Waals surface area contributed by atoms with E-state index < -0.39 is 17.2 Å². The maximum Gasteiger partial charge on any atom is 0.342 e. The summed E-state index contributed by atoms with van der Waals surface area (Å²) < 4.78 is 0. The van der Waals surface area contributed by atoms with Crippen molar-refractivity contribution in [3.8, 4) is 0 Å². The maximum absolute atomic E-state index is 11.7. The van der Waals surface area contributed by atoms with E-state index in [2.05, 4.69) is 26.0 Å². The number of rotatable bonds is 7. The van der Waals surface area contributed by atoms with Gasteiger partial charge in [0.25, 0.3) is 11.5 Å². The number of allylic oxidation sites excluding steroid dienone is 3. The molecule has 9 nitrogen and oxygen atoms in total. The summed E-state index contributed by atoms with van der Waals surface area (Å²) in [5.41, 5.74) is 2.58. The van der Waals surface area contributed by atoms with Gasteiger partial charge in [-0.2, -0.15) is 5.10 Å². The Morgan fingerprint density at radius 3 is 2.73 bits per heavy atom. The van der Waals surface area contributed by atoms with Crippen molar-refractivity contribution in [1.29, 1.82) is 0 Å². The average Bonchev–Trinajstić information content (AvgIpc) is 2.63. The molecule has 2 rings (SSSR count). The van der Waals surface area contributed by atoms with E-state index >= 15 is 0 Å². The molecule has 1 heterocycles. The summed E-state index contributed by atoms with van der Waals surface area (Å²) in [7, 11) is 0. The highest BCUT2D eigenvalue weighted by Crippen LogP contribution is 2.00. The van der Waals surface area contributed by atoms with E-state index in [1.807, 2.05) is 47.5 Å². The number of hydrogen-bond acceptors (Lipinski definition) is 6. The molecule has 0 fully saturated rings. The molecule has 1 amide bonds. The van der Waals surface area contributed by atoms with E-state index in [4.69, 9.17) is 0 Å². The summed E-state index contributed by atoms with van der Waals surface area (Å²) in [4.78, 5) is 35.9. The number of amides is 1. The molecule has 0 atom stereocenters. The monoisotopic (exact) mass is 354 g/mol. The van der Waals surface area contributed by atoms with Crippen LogP contribution in [0.2, 0.25) is 0 Å². The van der Waals surface area contributed by atoms with Gasteiger partial charge in [0.2, 0.25) is 5.82 Å². The first-order chi connectivity index (χ1) is 12.5. The van der Waals surface area contributed by atoms with E-state index in [0.29, 0.717) is 5.71 Å². The quantitative estimate of drug-likeness (QED) is 0.329. The predicted molar refractivity (Wildman–Crippen MR) is 99.8 cm³/mol. The van der Waals surface area contributed by atoms with E-state index in [-0.39, 0.29) is 12.4 Å². The summed E-state index contributed by atoms with van der Waals surface area (Å²) in [6, 6.07) is 9.83. The number of aromatic amines is 2. The van der Waals surface area contributed by atoms with Crippen LogP contribution in [0.4, 0.5) is 5.82 Å². The SMILES string of the molecule is CC(/C=C/C=C/c1ccccc1)=N\NC(=O)CNc1n[nH]c(=O)[nH]c1=O. The van der Waals surface area contributed by atoms with E-state index in [9.17, 15) is 14.4 Å². The Morgan fingerprint density at radius 1 is 1.23 bits per heavy atom. The van der Waals surface area contributed by atoms with Crippen LogP contribution in [0.15, 0.2) is 63.3 Å². The standard InChI is InChI=1S/C17H18N6O3/c1-12(7-5-6-10-13-8-3-2-4-9-13)20-21-14(24)11-18-15-16(25)19-17(26)23-22-15/h2-10H,11H2,1H3,(H,18,22)(H,21,24)(H2,19,23,25,26)/b7-5+,10-6+,20-12+. The number of benzene rings is 1. The largest absolute Gasteiger partial charge is 0.355 e. The van der Waals surface area contributed by atoms with Crippen LogP contribution in [-0.2, 0) is 4.79 Å². The lowest BCUT2D eigenvalue weighted by Gasteiger charge is -2.02. The normalized spacial score (nSPS) is 11.8. The molecule has 9 heteroatoms. The predicted octanol–water partition coefficient (Wildman–Crippen LogP) is 0.632. The van der Waals surface area contributed by atoms with E-state index in [1.54, 1.807) is 19.1 Å². The van der Waals surface area contributed by atoms with Crippen LogP contribution in [0, 0.1) is 0 Å². The minimum Gasteiger partial charge on any atom is -0.355 e. The molecule has 2 aromatic rings. The van der Waals surface area contributed by atoms with Gasteiger partial charge in [0, 0.05) is 0 Å². The molecule has 0 aliphatic heterocycles. The Balaban J connectivity index is 1.79. The fourth-order valence-electron chi connectivity index (χ4n) is 1.78. The second-order valence-electron chi connectivity index (χ2n) is 5.13. The third kappa shape index (κ3) is 6.40. The third-order valence-electron chi connectivity index (χ3n) is 3.02. The smallest absolute Gasteiger partial charge is 0.342 e. The van der Waals surface area contributed by atoms with Gasteiger partial charge in [-0.1, -0.05) is 48.6 Å². The Labute approximate surface area is 148 Å². The molecule has 134 valence electrons. The van der Waals surface area contributed by atoms with Crippen LogP contribution in [0.25, 0.3) is 6.08 Å². The number of nitrogens with one attached hydrogen (secondary N) is 4. The second kappa shape index (κ2) is 9.52. The number of anilines is 1. The average molecular weight is 354 g/mol. The lowest BCUT2D eigenvalue weighted by molar-refractivity contribution is -0.119. The Kier molecular flexibility index (Phi) is 6.81. The molecule has 0 aliphatic rings. The van der Waals surface area contributed by atoms with E-state index in [1.165, 1.54) is 0 Å². The van der Waals surface area contributed by atoms with Crippen LogP contribution >= 0.6 is 0 Å². The molecule has 26 heavy (non-hydrogen) atoms. The Morgan fingerprint density at radius 2 is 2.00 bits per heavy atom. The molecule has 0 bridgehead atoms. The molecule has 0 spiro atoms. The van der Waals surface area contributed by atoms with Gasteiger partial charge >= 0.3 is 5.69 Å². The molecule has 0 aliphatic carbocycles. The second-order valence-corrected chi connectivity index (χ2v) is 5.13. The van der Waals surface area contributed by atoms with Crippen molar-refractivity contribution in [1.82, 2.24) is 20.6 Å². The minimum absolute atomic E-state index is 0.161. The maximum atomic E-state index is 11.7. The van der Waals surface area contributed by atoms with Gasteiger partial charge in [-0.15, -0.1) is 5.10 Å². The van der Waals surface area contributed by atoms with E-state index in [0.717, 1.165) is 5.56 Å². The number of hydrazone groups is 1. The van der Waals surface area contributed by atoms with Gasteiger partial charge in [0.1, 0.15) is 0 Å². The fraction of sp³-hybridized carbons (Fsp3) is 0.118. The van der Waals surface area contributed by atoms with Crippen molar-refractivity contribution >= 4 is 23.5 Å². The van der Waals surface area contributed by atoms with Crippen molar-refractivity contribution in [2.75, 3.05) is 11.9 Å². The highest BCUT2D eigenvalue weighted by atomic mass is 16.2. The number of carbonyl (C=O) groups is 1. The molecule has 4 N–H and O–H groups in total. The molecule has 1 aromatic heterocycles. The Hall–Kier alpha value is -3.75. The van der Waals surface area contributed by atoms with Crippen LogP contribution in [-0.4, -0.2) is 33.3 Å². The number of hydrogen-bond donors (Lipinski definition) is 4. The van der Waals surface area contributed by atoms with Crippen LogP contribution in [0.1, 0.15) is 12.5 Å². The number of aromatic nitrogens is 3. The van der Waals surface area contributed by atoms with Gasteiger partial charge in [-0.05, 0) is 18.6 Å². The zero-order valence-corrected chi connectivity index (χ0v) is 14.0. The van der Waals surface area contributed by atoms with Crippen LogP contribution < -0.4 is 22.0 Å². The van der Waals surface area contributed by atoms with Gasteiger partial charge in [0.05, 0.1) is 12.3 Å². The first kappa shape index (κ1) is 18.6. The zero-order chi connectivity index (χ0) is 18.8. The molecular weight excluding hydrogens is 336 g/mol. The van der Waals surface area contributed by atoms with Crippen molar-refractivity contribution in [2.45, 2.75) is 6.92 Å². The molecule has 0 saturated carbocycles. The topological polar surface area (TPSA) is 132 Å². The first-order valence-corrected chi connectivity index (χ1v) is 7.70. The van der Waals surface area contributed by atoms with Crippen LogP contribution in [0.3, 0.4) is 0 Å². The zero-order valence-electron chi connectivity index (χ0n) is 14.0. The summed E-state index contributed by atoms with van der Waals surface area (Å²) in [6.07, 6.45) is 7.36. The molecular formula is C17H18N6O3.